The molecule has 100 valence electrons. The number of thiazole rings is 1. The monoisotopic (exact) mass is 277 g/mol. The van der Waals surface area contributed by atoms with Gasteiger partial charge in [0.05, 0.1) is 11.6 Å². The van der Waals surface area contributed by atoms with Gasteiger partial charge in [0.1, 0.15) is 10.8 Å². The number of carboxylic acid groups (broad SMARTS) is 1. The Bertz CT molecular complexity index is 569. The summed E-state index contributed by atoms with van der Waals surface area (Å²) in [6.07, 6.45) is 2.44. The van der Waals surface area contributed by atoms with Crippen molar-refractivity contribution in [1.82, 2.24) is 9.97 Å². The maximum atomic E-state index is 11.1. The van der Waals surface area contributed by atoms with E-state index in [-0.39, 0.29) is 11.6 Å². The molecular formula is C13H15N3O2S. The highest BCUT2D eigenvalue weighted by atomic mass is 32.1. The molecule has 0 amide bonds. The van der Waals surface area contributed by atoms with Crippen molar-refractivity contribution >= 4 is 23.1 Å². The van der Waals surface area contributed by atoms with Gasteiger partial charge in [0, 0.05) is 17.3 Å². The second-order valence-corrected chi connectivity index (χ2v) is 5.05. The van der Waals surface area contributed by atoms with E-state index in [2.05, 4.69) is 15.3 Å². The second kappa shape index (κ2) is 5.79. The Kier molecular flexibility index (Phi) is 4.11. The number of hydrogen-bond acceptors (Lipinski definition) is 5. The van der Waals surface area contributed by atoms with Crippen LogP contribution in [-0.2, 0) is 6.42 Å². The summed E-state index contributed by atoms with van der Waals surface area (Å²) < 4.78 is 0. The third-order valence-electron chi connectivity index (χ3n) is 2.67. The lowest BCUT2D eigenvalue weighted by Crippen LogP contribution is -2.10. The number of nitrogens with one attached hydrogen (secondary N) is 1. The Morgan fingerprint density at radius 2 is 2.32 bits per heavy atom. The molecule has 2 rings (SSSR count). The Hall–Kier alpha value is -1.95. The minimum atomic E-state index is -0.943. The van der Waals surface area contributed by atoms with E-state index in [1.165, 1.54) is 0 Å². The zero-order valence-corrected chi connectivity index (χ0v) is 11.6. The molecule has 0 bridgehead atoms. The molecule has 0 aliphatic heterocycles. The van der Waals surface area contributed by atoms with Gasteiger partial charge in [0.25, 0.3) is 0 Å². The summed E-state index contributed by atoms with van der Waals surface area (Å²) in [4.78, 5) is 19.7. The van der Waals surface area contributed by atoms with Gasteiger partial charge in [-0.05, 0) is 25.5 Å². The smallest absolute Gasteiger partial charge is 0.335 e. The summed E-state index contributed by atoms with van der Waals surface area (Å²) in [7, 11) is 0. The third kappa shape index (κ3) is 3.29. The number of carbonyl (C=O) groups is 1. The average Bonchev–Trinajstić information content (AvgIpc) is 2.92. The van der Waals surface area contributed by atoms with Gasteiger partial charge in [-0.25, -0.2) is 14.8 Å². The molecular weight excluding hydrogens is 262 g/mol. The van der Waals surface area contributed by atoms with Crippen molar-refractivity contribution in [2.75, 3.05) is 5.32 Å². The first-order valence-corrected chi connectivity index (χ1v) is 6.88. The predicted molar refractivity (Wildman–Crippen MR) is 74.7 cm³/mol. The van der Waals surface area contributed by atoms with Crippen molar-refractivity contribution in [1.29, 1.82) is 0 Å². The zero-order valence-electron chi connectivity index (χ0n) is 10.8. The highest BCUT2D eigenvalue weighted by molar-refractivity contribution is 7.09. The summed E-state index contributed by atoms with van der Waals surface area (Å²) in [5.41, 5.74) is 1.01. The molecule has 2 aromatic heterocycles. The molecule has 2 N–H and O–H groups in total. The normalized spacial score (nSPS) is 12.1. The average molecular weight is 277 g/mol. The number of aromatic carboxylic acids is 1. The van der Waals surface area contributed by atoms with E-state index in [0.717, 1.165) is 10.7 Å². The summed E-state index contributed by atoms with van der Waals surface area (Å²) in [6.45, 7) is 3.92. The Balaban J connectivity index is 2.24. The fourth-order valence-corrected chi connectivity index (χ4v) is 2.34. The molecule has 6 heteroatoms. The van der Waals surface area contributed by atoms with E-state index < -0.39 is 5.97 Å². The molecule has 0 fully saturated rings. The van der Waals surface area contributed by atoms with Crippen LogP contribution in [0.1, 0.15) is 40.9 Å². The molecule has 1 unspecified atom stereocenters. The molecule has 19 heavy (non-hydrogen) atoms. The van der Waals surface area contributed by atoms with Crippen LogP contribution in [0.4, 0.5) is 5.82 Å². The van der Waals surface area contributed by atoms with E-state index in [0.29, 0.717) is 12.2 Å². The standard InChI is InChI=1S/C13H15N3O2S/c1-3-10-6-9(13(17)18)7-11(16-10)15-8(2)12-14-4-5-19-12/h4-8H,3H2,1-2H3,(H,15,16)(H,17,18). The lowest BCUT2D eigenvalue weighted by Gasteiger charge is -2.13. The Morgan fingerprint density at radius 3 is 2.89 bits per heavy atom. The highest BCUT2D eigenvalue weighted by Gasteiger charge is 2.12. The maximum Gasteiger partial charge on any atom is 0.335 e. The molecule has 2 heterocycles. The van der Waals surface area contributed by atoms with Crippen molar-refractivity contribution < 1.29 is 9.90 Å². The van der Waals surface area contributed by atoms with Gasteiger partial charge in [-0.3, -0.25) is 0 Å². The molecule has 5 nitrogen and oxygen atoms in total. The first-order valence-electron chi connectivity index (χ1n) is 6.00. The van der Waals surface area contributed by atoms with E-state index in [4.69, 9.17) is 5.11 Å². The minimum Gasteiger partial charge on any atom is -0.478 e. The Labute approximate surface area is 115 Å². The van der Waals surface area contributed by atoms with E-state index in [9.17, 15) is 4.79 Å². The maximum absolute atomic E-state index is 11.1. The number of carboxylic acids is 1. The number of hydrogen-bond donors (Lipinski definition) is 2. The quantitative estimate of drug-likeness (QED) is 0.878. The summed E-state index contributed by atoms with van der Waals surface area (Å²) in [5.74, 6) is -0.374. The summed E-state index contributed by atoms with van der Waals surface area (Å²) in [5, 5.41) is 15.1. The van der Waals surface area contributed by atoms with Crippen molar-refractivity contribution in [3.05, 3.63) is 40.0 Å². The third-order valence-corrected chi connectivity index (χ3v) is 3.63. The van der Waals surface area contributed by atoms with Crippen LogP contribution in [0.25, 0.3) is 0 Å². The van der Waals surface area contributed by atoms with E-state index >= 15 is 0 Å². The van der Waals surface area contributed by atoms with Crippen LogP contribution in [0, 0.1) is 0 Å². The topological polar surface area (TPSA) is 75.1 Å². The first-order chi connectivity index (χ1) is 9.10. The van der Waals surface area contributed by atoms with Gasteiger partial charge in [0.15, 0.2) is 0 Å². The van der Waals surface area contributed by atoms with Crippen LogP contribution in [0.5, 0.6) is 0 Å². The van der Waals surface area contributed by atoms with Crippen molar-refractivity contribution in [2.24, 2.45) is 0 Å². The molecule has 2 aromatic rings. The van der Waals surface area contributed by atoms with Crippen LogP contribution in [0.15, 0.2) is 23.7 Å². The van der Waals surface area contributed by atoms with Crippen molar-refractivity contribution in [3.63, 3.8) is 0 Å². The molecule has 1 atom stereocenters. The van der Waals surface area contributed by atoms with E-state index in [1.807, 2.05) is 19.2 Å². The molecule has 0 spiro atoms. The fraction of sp³-hybridized carbons (Fsp3) is 0.308. The predicted octanol–water partition coefficient (Wildman–Crippen LogP) is 2.97. The van der Waals surface area contributed by atoms with Gasteiger partial charge < -0.3 is 10.4 Å². The summed E-state index contributed by atoms with van der Waals surface area (Å²) in [6, 6.07) is 3.15. The number of pyridine rings is 1. The van der Waals surface area contributed by atoms with Crippen LogP contribution < -0.4 is 5.32 Å². The van der Waals surface area contributed by atoms with Crippen molar-refractivity contribution in [2.45, 2.75) is 26.3 Å². The summed E-state index contributed by atoms with van der Waals surface area (Å²) >= 11 is 1.55. The number of anilines is 1. The van der Waals surface area contributed by atoms with Gasteiger partial charge in [-0.2, -0.15) is 0 Å². The number of aryl methyl sites for hydroxylation is 1. The second-order valence-electron chi connectivity index (χ2n) is 4.13. The fourth-order valence-electron chi connectivity index (χ4n) is 1.70. The van der Waals surface area contributed by atoms with Crippen LogP contribution in [0.3, 0.4) is 0 Å². The van der Waals surface area contributed by atoms with Crippen molar-refractivity contribution in [3.8, 4) is 0 Å². The lowest BCUT2D eigenvalue weighted by molar-refractivity contribution is 0.0696. The number of aromatic nitrogens is 2. The molecule has 0 radical (unpaired) electrons. The van der Waals surface area contributed by atoms with Gasteiger partial charge >= 0.3 is 5.97 Å². The largest absolute Gasteiger partial charge is 0.478 e. The molecule has 0 saturated heterocycles. The highest BCUT2D eigenvalue weighted by Crippen LogP contribution is 2.21. The molecule has 0 saturated carbocycles. The molecule has 0 aliphatic rings. The van der Waals surface area contributed by atoms with Gasteiger partial charge in [-0.1, -0.05) is 6.92 Å². The van der Waals surface area contributed by atoms with Crippen LogP contribution >= 0.6 is 11.3 Å². The minimum absolute atomic E-state index is 0.00116. The number of rotatable bonds is 5. The lowest BCUT2D eigenvalue weighted by atomic mass is 10.2. The van der Waals surface area contributed by atoms with Crippen LogP contribution in [0.2, 0.25) is 0 Å². The Morgan fingerprint density at radius 1 is 1.53 bits per heavy atom. The first kappa shape index (κ1) is 13.5. The van der Waals surface area contributed by atoms with Crippen LogP contribution in [-0.4, -0.2) is 21.0 Å². The molecule has 0 aliphatic carbocycles. The zero-order chi connectivity index (χ0) is 13.8. The van der Waals surface area contributed by atoms with Gasteiger partial charge in [0.2, 0.25) is 0 Å². The van der Waals surface area contributed by atoms with E-state index in [1.54, 1.807) is 29.7 Å². The SMILES string of the molecule is CCc1cc(C(=O)O)cc(NC(C)c2nccs2)n1. The number of nitrogens with zero attached hydrogens (tertiary/aromatic N) is 2. The van der Waals surface area contributed by atoms with Gasteiger partial charge in [-0.15, -0.1) is 11.3 Å². The molecule has 0 aromatic carbocycles.